The lowest BCUT2D eigenvalue weighted by Gasteiger charge is -2.11. The van der Waals surface area contributed by atoms with Crippen molar-refractivity contribution >= 4 is 15.8 Å². The monoisotopic (exact) mass is 223 g/mol. The van der Waals surface area contributed by atoms with Crippen LogP contribution in [0.1, 0.15) is 20.3 Å². The van der Waals surface area contributed by atoms with Crippen LogP contribution in [0.25, 0.3) is 0 Å². The van der Waals surface area contributed by atoms with E-state index in [0.717, 1.165) is 0 Å². The van der Waals surface area contributed by atoms with E-state index in [2.05, 4.69) is 0 Å². The fraction of sp³-hybridized carbons (Fsp3) is 0.875. The van der Waals surface area contributed by atoms with Crippen molar-refractivity contribution in [2.45, 2.75) is 25.5 Å². The normalized spacial score (nSPS) is 14.3. The average Bonchev–Trinajstić information content (AvgIpc) is 2.01. The van der Waals surface area contributed by atoms with Crippen LogP contribution in [0.3, 0.4) is 0 Å². The van der Waals surface area contributed by atoms with Gasteiger partial charge in [-0.05, 0) is 12.3 Å². The van der Waals surface area contributed by atoms with Gasteiger partial charge in [-0.1, -0.05) is 13.8 Å². The lowest BCUT2D eigenvalue weighted by molar-refractivity contribution is -0.136. The van der Waals surface area contributed by atoms with Crippen LogP contribution in [-0.4, -0.2) is 37.0 Å². The zero-order chi connectivity index (χ0) is 11.4. The van der Waals surface area contributed by atoms with Crippen LogP contribution in [0, 0.1) is 5.92 Å². The van der Waals surface area contributed by atoms with E-state index in [-0.39, 0.29) is 18.2 Å². The third-order valence-corrected chi connectivity index (χ3v) is 3.97. The Hall–Kier alpha value is -0.620. The molecule has 0 aromatic carbocycles. The zero-order valence-corrected chi connectivity index (χ0v) is 9.25. The van der Waals surface area contributed by atoms with E-state index in [1.165, 1.54) is 0 Å². The maximum absolute atomic E-state index is 11.4. The number of hydrogen-bond acceptors (Lipinski definition) is 4. The van der Waals surface area contributed by atoms with Gasteiger partial charge in [-0.2, -0.15) is 0 Å². The number of carboxylic acid groups (broad SMARTS) is 1. The molecule has 0 fully saturated rings. The van der Waals surface area contributed by atoms with E-state index in [1.54, 1.807) is 0 Å². The predicted octanol–water partition coefficient (Wildman–Crippen LogP) is -0.141. The minimum absolute atomic E-state index is 0.112. The summed E-state index contributed by atoms with van der Waals surface area (Å²) >= 11 is 0. The molecule has 0 rings (SSSR count). The smallest absolute Gasteiger partial charge is 0.323 e. The molecular formula is C8H17NO4S. The molecule has 0 aliphatic carbocycles. The summed E-state index contributed by atoms with van der Waals surface area (Å²) in [5, 5.41) is 7.16. The molecule has 0 spiro atoms. The molecule has 84 valence electrons. The van der Waals surface area contributed by atoms with Gasteiger partial charge in [-0.3, -0.25) is 4.79 Å². The first-order valence-electron chi connectivity index (χ1n) is 4.45. The average molecular weight is 223 g/mol. The topological polar surface area (TPSA) is 97.5 Å². The summed E-state index contributed by atoms with van der Waals surface area (Å²) < 4.78 is 22.9. The Labute approximate surface area is 84.2 Å². The lowest BCUT2D eigenvalue weighted by Crippen LogP contribution is -2.38. The Morgan fingerprint density at radius 2 is 1.93 bits per heavy atom. The number of carbonyl (C=O) groups is 1. The van der Waals surface area contributed by atoms with E-state index >= 15 is 0 Å². The molecule has 0 amide bonds. The minimum atomic E-state index is -3.59. The van der Waals surface area contributed by atoms with Gasteiger partial charge in [0.1, 0.15) is 0 Å². The highest BCUT2D eigenvalue weighted by molar-refractivity contribution is 7.92. The largest absolute Gasteiger partial charge is 0.480 e. The Morgan fingerprint density at radius 1 is 1.43 bits per heavy atom. The molecule has 0 bridgehead atoms. The van der Waals surface area contributed by atoms with Crippen LogP contribution in [0.5, 0.6) is 0 Å². The van der Waals surface area contributed by atoms with Crippen molar-refractivity contribution in [1.82, 2.24) is 0 Å². The van der Waals surface area contributed by atoms with E-state index in [0.29, 0.717) is 6.42 Å². The molecule has 3 N–H and O–H groups in total. The van der Waals surface area contributed by atoms with Crippen LogP contribution in [0.2, 0.25) is 0 Å². The summed E-state index contributed by atoms with van der Waals surface area (Å²) in [6.45, 7) is 3.40. The van der Waals surface area contributed by atoms with Crippen molar-refractivity contribution in [3.63, 3.8) is 0 Å². The predicted molar refractivity (Wildman–Crippen MR) is 53.7 cm³/mol. The van der Waals surface area contributed by atoms with Crippen LogP contribution in [0.15, 0.2) is 0 Å². The molecule has 0 saturated heterocycles. The zero-order valence-electron chi connectivity index (χ0n) is 8.43. The molecule has 1 unspecified atom stereocenters. The first kappa shape index (κ1) is 13.4. The number of carboxylic acids is 1. The molecule has 0 aromatic heterocycles. The first-order valence-corrected chi connectivity index (χ1v) is 6.17. The van der Waals surface area contributed by atoms with Crippen molar-refractivity contribution in [2.24, 2.45) is 11.7 Å². The van der Waals surface area contributed by atoms with Gasteiger partial charge in [-0.15, -0.1) is 0 Å². The number of hydrogen-bond donors (Lipinski definition) is 2. The maximum Gasteiger partial charge on any atom is 0.323 e. The van der Waals surface area contributed by atoms with Gasteiger partial charge in [0.05, 0.1) is 5.75 Å². The van der Waals surface area contributed by atoms with Gasteiger partial charge in [0.15, 0.2) is 15.1 Å². The van der Waals surface area contributed by atoms with Crippen LogP contribution < -0.4 is 5.73 Å². The highest BCUT2D eigenvalue weighted by Gasteiger charge is 2.30. The molecule has 0 aliphatic heterocycles. The van der Waals surface area contributed by atoms with Crippen molar-refractivity contribution < 1.29 is 18.3 Å². The molecule has 5 nitrogen and oxygen atoms in total. The molecular weight excluding hydrogens is 206 g/mol. The summed E-state index contributed by atoms with van der Waals surface area (Å²) in [4.78, 5) is 10.6. The van der Waals surface area contributed by atoms with Gasteiger partial charge >= 0.3 is 5.97 Å². The summed E-state index contributed by atoms with van der Waals surface area (Å²) in [6.07, 6.45) is 0.464. The second-order valence-electron chi connectivity index (χ2n) is 3.61. The third-order valence-electron chi connectivity index (χ3n) is 1.90. The fourth-order valence-electron chi connectivity index (χ4n) is 0.943. The second-order valence-corrected chi connectivity index (χ2v) is 5.92. The number of sulfone groups is 1. The number of nitrogens with two attached hydrogens (primary N) is 1. The number of rotatable bonds is 6. The van der Waals surface area contributed by atoms with Crippen LogP contribution >= 0.6 is 0 Å². The molecule has 6 heteroatoms. The van der Waals surface area contributed by atoms with Crippen molar-refractivity contribution in [3.05, 3.63) is 0 Å². The van der Waals surface area contributed by atoms with Gasteiger partial charge < -0.3 is 10.8 Å². The number of aliphatic carboxylic acids is 1. The van der Waals surface area contributed by atoms with E-state index in [1.807, 2.05) is 13.8 Å². The molecule has 0 saturated carbocycles. The Bertz CT molecular complexity index is 284. The molecule has 0 radical (unpaired) electrons. The Kier molecular flexibility index (Phi) is 5.07. The van der Waals surface area contributed by atoms with E-state index < -0.39 is 21.1 Å². The summed E-state index contributed by atoms with van der Waals surface area (Å²) in [6, 6.07) is 0. The van der Waals surface area contributed by atoms with Crippen LogP contribution in [0.4, 0.5) is 0 Å². The first-order chi connectivity index (χ1) is 6.31. The minimum Gasteiger partial charge on any atom is -0.480 e. The third kappa shape index (κ3) is 4.06. The van der Waals surface area contributed by atoms with Gasteiger partial charge in [0.2, 0.25) is 0 Å². The molecule has 1 atom stereocenters. The van der Waals surface area contributed by atoms with Gasteiger partial charge in [0.25, 0.3) is 0 Å². The van der Waals surface area contributed by atoms with E-state index in [9.17, 15) is 13.2 Å². The molecule has 0 aromatic rings. The lowest BCUT2D eigenvalue weighted by atomic mass is 10.2. The molecule has 0 heterocycles. The summed E-state index contributed by atoms with van der Waals surface area (Å²) in [5.74, 6) is -1.24. The fourth-order valence-corrected chi connectivity index (χ4v) is 2.63. The molecule has 14 heavy (non-hydrogen) atoms. The standard InChI is InChI=1S/C8H17NO4S/c1-6(2)3-4-14(12,13)7(5-9)8(10)11/h6-7H,3-5,9H2,1-2H3,(H,10,11). The quantitative estimate of drug-likeness (QED) is 0.653. The summed E-state index contributed by atoms with van der Waals surface area (Å²) in [7, 11) is -3.59. The van der Waals surface area contributed by atoms with Gasteiger partial charge in [-0.25, -0.2) is 8.42 Å². The van der Waals surface area contributed by atoms with Crippen molar-refractivity contribution in [3.8, 4) is 0 Å². The summed E-state index contributed by atoms with van der Waals surface area (Å²) in [5.41, 5.74) is 5.11. The Morgan fingerprint density at radius 3 is 2.21 bits per heavy atom. The molecule has 0 aliphatic rings. The SMILES string of the molecule is CC(C)CCS(=O)(=O)C(CN)C(=O)O. The van der Waals surface area contributed by atoms with Gasteiger partial charge in [0, 0.05) is 6.54 Å². The highest BCUT2D eigenvalue weighted by atomic mass is 32.2. The maximum atomic E-state index is 11.4. The second kappa shape index (κ2) is 5.31. The van der Waals surface area contributed by atoms with Crippen molar-refractivity contribution in [1.29, 1.82) is 0 Å². The van der Waals surface area contributed by atoms with Crippen molar-refractivity contribution in [2.75, 3.05) is 12.3 Å². The van der Waals surface area contributed by atoms with E-state index in [4.69, 9.17) is 10.8 Å². The highest BCUT2D eigenvalue weighted by Crippen LogP contribution is 2.08. The Balaban J connectivity index is 4.51. The van der Waals surface area contributed by atoms with Crippen LogP contribution in [-0.2, 0) is 14.6 Å².